The largest absolute Gasteiger partial charge is 0.468 e. The van der Waals surface area contributed by atoms with Crippen molar-refractivity contribution in [2.45, 2.75) is 31.1 Å². The number of aliphatic imine (C=N–C) groups is 1. The quantitative estimate of drug-likeness (QED) is 0.604. The third kappa shape index (κ3) is 2.79. The fourth-order valence-corrected chi connectivity index (χ4v) is 2.78. The lowest BCUT2D eigenvalue weighted by Crippen LogP contribution is -2.59. The SMILES string of the molecule is Cc1nn(-c2ccccc2)c2c1C(C(F)(F)F)(C(F)(F)F)OC(C(F)(F)F)=N2. The molecule has 13 heteroatoms. The van der Waals surface area contributed by atoms with Crippen LogP contribution >= 0.6 is 0 Å². The van der Waals surface area contributed by atoms with Crippen LogP contribution in [0.4, 0.5) is 45.3 Å². The van der Waals surface area contributed by atoms with Gasteiger partial charge in [-0.15, -0.1) is 0 Å². The van der Waals surface area contributed by atoms with Crippen molar-refractivity contribution in [2.75, 3.05) is 0 Å². The lowest BCUT2D eigenvalue weighted by molar-refractivity contribution is -0.373. The van der Waals surface area contributed by atoms with E-state index in [4.69, 9.17) is 0 Å². The summed E-state index contributed by atoms with van der Waals surface area (Å²) in [5.74, 6) is -3.94. The minimum absolute atomic E-state index is 0.0859. The summed E-state index contributed by atoms with van der Waals surface area (Å²) in [5, 5.41) is 3.56. The van der Waals surface area contributed by atoms with Crippen molar-refractivity contribution >= 4 is 11.7 Å². The molecule has 1 aromatic heterocycles. The minimum Gasteiger partial charge on any atom is -0.443 e. The maximum absolute atomic E-state index is 13.6. The van der Waals surface area contributed by atoms with Gasteiger partial charge in [0.2, 0.25) is 0 Å². The number of alkyl halides is 9. The van der Waals surface area contributed by atoms with Gasteiger partial charge in [-0.2, -0.15) is 49.6 Å². The Kier molecular flexibility index (Phi) is 4.20. The van der Waals surface area contributed by atoms with Crippen LogP contribution in [0.15, 0.2) is 35.3 Å². The summed E-state index contributed by atoms with van der Waals surface area (Å²) in [5.41, 5.74) is -7.85. The summed E-state index contributed by atoms with van der Waals surface area (Å²) < 4.78 is 125. The summed E-state index contributed by atoms with van der Waals surface area (Å²) in [6.45, 7) is 0.794. The number of para-hydroxylation sites is 1. The van der Waals surface area contributed by atoms with Gasteiger partial charge < -0.3 is 4.74 Å². The third-order valence-electron chi connectivity index (χ3n) is 3.89. The van der Waals surface area contributed by atoms with Crippen LogP contribution in [0.25, 0.3) is 5.69 Å². The van der Waals surface area contributed by atoms with Gasteiger partial charge in [0, 0.05) is 0 Å². The lowest BCUT2D eigenvalue weighted by atomic mass is 9.90. The smallest absolute Gasteiger partial charge is 0.443 e. The molecule has 0 unspecified atom stereocenters. The van der Waals surface area contributed by atoms with Gasteiger partial charge in [0.05, 0.1) is 16.9 Å². The van der Waals surface area contributed by atoms with Crippen LogP contribution in [0.3, 0.4) is 0 Å². The average molecular weight is 417 g/mol. The van der Waals surface area contributed by atoms with Crippen LogP contribution in [0.1, 0.15) is 11.3 Å². The Balaban J connectivity index is 2.45. The number of hydrogen-bond acceptors (Lipinski definition) is 3. The second-order valence-corrected chi connectivity index (χ2v) is 5.72. The molecule has 0 fully saturated rings. The molecule has 28 heavy (non-hydrogen) atoms. The molecular weight excluding hydrogens is 409 g/mol. The number of aryl methyl sites for hydroxylation is 1. The molecule has 0 amide bonds. The number of nitrogens with zero attached hydrogens (tertiary/aromatic N) is 3. The normalized spacial score (nSPS) is 17.0. The molecule has 2 aromatic rings. The van der Waals surface area contributed by atoms with E-state index >= 15 is 0 Å². The monoisotopic (exact) mass is 417 g/mol. The third-order valence-corrected chi connectivity index (χ3v) is 3.89. The number of rotatable bonds is 1. The molecule has 0 N–H and O–H groups in total. The molecule has 1 aliphatic heterocycles. The number of benzene rings is 1. The Morgan fingerprint density at radius 1 is 0.893 bits per heavy atom. The van der Waals surface area contributed by atoms with Crippen LogP contribution in [0.2, 0.25) is 0 Å². The van der Waals surface area contributed by atoms with Crippen LogP contribution in [-0.4, -0.2) is 34.2 Å². The molecule has 152 valence electrons. The van der Waals surface area contributed by atoms with E-state index in [1.165, 1.54) is 30.3 Å². The van der Waals surface area contributed by atoms with E-state index in [-0.39, 0.29) is 5.69 Å². The molecular formula is C15H8F9N3O. The van der Waals surface area contributed by atoms with Gasteiger partial charge in [-0.1, -0.05) is 18.2 Å². The molecule has 0 radical (unpaired) electrons. The van der Waals surface area contributed by atoms with Crippen LogP contribution < -0.4 is 0 Å². The minimum atomic E-state index is -6.29. The van der Waals surface area contributed by atoms with Crippen molar-refractivity contribution in [2.24, 2.45) is 4.99 Å². The fraction of sp³-hybridized carbons (Fsp3) is 0.333. The number of ether oxygens (including phenoxy) is 1. The molecule has 3 rings (SSSR count). The zero-order valence-electron chi connectivity index (χ0n) is 13.5. The first-order chi connectivity index (χ1) is 12.7. The van der Waals surface area contributed by atoms with Crippen LogP contribution in [0, 0.1) is 6.92 Å². The summed E-state index contributed by atoms with van der Waals surface area (Å²) in [4.78, 5) is 2.91. The number of fused-ring (bicyclic) bond motifs is 1. The summed E-state index contributed by atoms with van der Waals surface area (Å²) in [7, 11) is 0. The summed E-state index contributed by atoms with van der Waals surface area (Å²) in [6, 6.07) is 6.68. The highest BCUT2D eigenvalue weighted by Gasteiger charge is 2.78. The van der Waals surface area contributed by atoms with Crippen molar-refractivity contribution in [3.05, 3.63) is 41.6 Å². The van der Waals surface area contributed by atoms with Crippen molar-refractivity contribution in [1.82, 2.24) is 9.78 Å². The zero-order valence-corrected chi connectivity index (χ0v) is 13.5. The Hall–Kier alpha value is -2.73. The van der Waals surface area contributed by atoms with Gasteiger partial charge in [-0.05, 0) is 19.1 Å². The Morgan fingerprint density at radius 2 is 1.43 bits per heavy atom. The second kappa shape index (κ2) is 5.88. The fourth-order valence-electron chi connectivity index (χ4n) is 2.78. The Morgan fingerprint density at radius 3 is 1.89 bits per heavy atom. The number of halogens is 9. The molecule has 2 heterocycles. The van der Waals surface area contributed by atoms with Gasteiger partial charge in [0.25, 0.3) is 0 Å². The molecule has 1 aliphatic rings. The summed E-state index contributed by atoms with van der Waals surface area (Å²) >= 11 is 0. The van der Waals surface area contributed by atoms with E-state index in [0.29, 0.717) is 4.68 Å². The predicted molar refractivity (Wildman–Crippen MR) is 76.3 cm³/mol. The van der Waals surface area contributed by atoms with Crippen LogP contribution in [0.5, 0.6) is 0 Å². The maximum Gasteiger partial charge on any atom is 0.468 e. The standard InChI is InChI=1S/C15H8F9N3O/c1-7-9-10(27(26-7)8-5-3-2-4-6-8)25-11(13(16,17)18)28-12(9,14(19,20)21)15(22,23)24/h2-6H,1H3. The number of hydrogen-bond donors (Lipinski definition) is 0. The van der Waals surface area contributed by atoms with E-state index in [2.05, 4.69) is 14.8 Å². The second-order valence-electron chi connectivity index (χ2n) is 5.72. The molecule has 0 saturated heterocycles. The molecule has 0 spiro atoms. The first kappa shape index (κ1) is 20.0. The van der Waals surface area contributed by atoms with Crippen LogP contribution in [-0.2, 0) is 10.3 Å². The molecule has 0 saturated carbocycles. The van der Waals surface area contributed by atoms with Crippen molar-refractivity contribution in [3.8, 4) is 5.69 Å². The molecule has 0 atom stereocenters. The number of aromatic nitrogens is 2. The molecule has 1 aromatic carbocycles. The van der Waals surface area contributed by atoms with E-state index < -0.39 is 47.1 Å². The van der Waals surface area contributed by atoms with Gasteiger partial charge >= 0.3 is 30.0 Å². The van der Waals surface area contributed by atoms with E-state index in [9.17, 15) is 39.5 Å². The Labute approximate surface area is 150 Å². The van der Waals surface area contributed by atoms with Crippen molar-refractivity contribution < 1.29 is 44.3 Å². The van der Waals surface area contributed by atoms with Gasteiger partial charge in [0.1, 0.15) is 0 Å². The highest BCUT2D eigenvalue weighted by atomic mass is 19.4. The highest BCUT2D eigenvalue weighted by molar-refractivity contribution is 5.87. The van der Waals surface area contributed by atoms with Gasteiger partial charge in [-0.25, -0.2) is 4.68 Å². The molecule has 0 aliphatic carbocycles. The first-order valence-corrected chi connectivity index (χ1v) is 7.34. The van der Waals surface area contributed by atoms with E-state index in [0.717, 1.165) is 6.92 Å². The van der Waals surface area contributed by atoms with E-state index in [1.807, 2.05) is 0 Å². The topological polar surface area (TPSA) is 39.4 Å². The van der Waals surface area contributed by atoms with Crippen molar-refractivity contribution in [3.63, 3.8) is 0 Å². The van der Waals surface area contributed by atoms with Gasteiger partial charge in [-0.3, -0.25) is 0 Å². The van der Waals surface area contributed by atoms with Crippen molar-refractivity contribution in [1.29, 1.82) is 0 Å². The first-order valence-electron chi connectivity index (χ1n) is 7.34. The van der Waals surface area contributed by atoms with E-state index in [1.54, 1.807) is 0 Å². The Bertz CT molecular complexity index is 909. The lowest BCUT2D eigenvalue weighted by Gasteiger charge is -2.39. The zero-order chi connectivity index (χ0) is 21.1. The maximum atomic E-state index is 13.6. The average Bonchev–Trinajstić information content (AvgIpc) is 2.89. The molecule has 0 bridgehead atoms. The highest BCUT2D eigenvalue weighted by Crippen LogP contribution is 2.58. The van der Waals surface area contributed by atoms with Gasteiger partial charge in [0.15, 0.2) is 5.82 Å². The summed E-state index contributed by atoms with van der Waals surface area (Å²) in [6.07, 6.45) is -18.3. The predicted octanol–water partition coefficient (Wildman–Crippen LogP) is 5.12. The molecule has 4 nitrogen and oxygen atoms in total.